The molecule has 0 aromatic carbocycles. The minimum absolute atomic E-state index is 0.419. The van der Waals surface area contributed by atoms with E-state index in [1.807, 2.05) is 13.2 Å². The van der Waals surface area contributed by atoms with Crippen molar-refractivity contribution in [3.8, 4) is 0 Å². The first kappa shape index (κ1) is 13.3. The number of thioether (sulfide) groups is 1. The van der Waals surface area contributed by atoms with Crippen molar-refractivity contribution in [2.45, 2.75) is 33.3 Å². The normalized spacial score (nSPS) is 23.6. The lowest BCUT2D eigenvalue weighted by Crippen LogP contribution is -2.56. The molecule has 0 radical (unpaired) electrons. The van der Waals surface area contributed by atoms with Crippen LogP contribution in [0.2, 0.25) is 0 Å². The Hall–Kier alpha value is 0.270. The second-order valence-electron chi connectivity index (χ2n) is 6.19. The molecule has 1 saturated heterocycles. The average molecular weight is 231 g/mol. The summed E-state index contributed by atoms with van der Waals surface area (Å²) < 4.78 is 0. The summed E-state index contributed by atoms with van der Waals surface area (Å²) in [5.74, 6) is 1.62. The summed E-state index contributed by atoms with van der Waals surface area (Å²) in [6.45, 7) is 12.0. The van der Waals surface area contributed by atoms with Crippen LogP contribution in [0.1, 0.15) is 27.7 Å². The largest absolute Gasteiger partial charge is 0.388 e. The Kier molecular flexibility index (Phi) is 4.13. The third-order valence-corrected chi connectivity index (χ3v) is 4.11. The lowest BCUT2D eigenvalue weighted by atomic mass is 9.75. The molecule has 1 unspecified atom stereocenters. The lowest BCUT2D eigenvalue weighted by Gasteiger charge is -2.48. The highest BCUT2D eigenvalue weighted by molar-refractivity contribution is 7.98. The quantitative estimate of drug-likeness (QED) is 0.801. The number of hydrogen-bond donors (Lipinski definition) is 1. The number of hydrogen-bond acceptors (Lipinski definition) is 3. The third-order valence-electron chi connectivity index (χ3n) is 3.20. The van der Waals surface area contributed by atoms with Gasteiger partial charge in [-0.3, -0.25) is 4.90 Å². The molecule has 0 aliphatic carbocycles. The Morgan fingerprint density at radius 1 is 1.27 bits per heavy atom. The zero-order valence-electron chi connectivity index (χ0n) is 10.7. The Balaban J connectivity index is 2.28. The summed E-state index contributed by atoms with van der Waals surface area (Å²) in [7, 11) is 0. The van der Waals surface area contributed by atoms with Crippen molar-refractivity contribution in [1.29, 1.82) is 0 Å². The Bertz CT molecular complexity index is 204. The molecule has 1 fully saturated rings. The van der Waals surface area contributed by atoms with Gasteiger partial charge in [0.1, 0.15) is 0 Å². The molecule has 1 N–H and O–H groups in total. The van der Waals surface area contributed by atoms with Gasteiger partial charge in [-0.25, -0.2) is 0 Å². The van der Waals surface area contributed by atoms with E-state index >= 15 is 0 Å². The van der Waals surface area contributed by atoms with Crippen LogP contribution in [0, 0.1) is 11.3 Å². The zero-order valence-corrected chi connectivity index (χ0v) is 11.5. The molecule has 0 bridgehead atoms. The fourth-order valence-corrected chi connectivity index (χ4v) is 2.80. The minimum atomic E-state index is -0.526. The van der Waals surface area contributed by atoms with Gasteiger partial charge in [-0.1, -0.05) is 20.8 Å². The van der Waals surface area contributed by atoms with E-state index in [1.54, 1.807) is 11.8 Å². The van der Waals surface area contributed by atoms with E-state index in [4.69, 9.17) is 0 Å². The third kappa shape index (κ3) is 3.97. The van der Waals surface area contributed by atoms with Crippen LogP contribution in [0.4, 0.5) is 0 Å². The molecule has 2 nitrogen and oxygen atoms in total. The van der Waals surface area contributed by atoms with Crippen LogP contribution in [0.3, 0.4) is 0 Å². The van der Waals surface area contributed by atoms with E-state index in [0.29, 0.717) is 5.41 Å². The number of likely N-dealkylation sites (tertiary alicyclic amines) is 1. The van der Waals surface area contributed by atoms with Gasteiger partial charge in [0.25, 0.3) is 0 Å². The van der Waals surface area contributed by atoms with Crippen LogP contribution in [0.15, 0.2) is 0 Å². The first-order valence-electron chi connectivity index (χ1n) is 5.68. The molecule has 90 valence electrons. The summed E-state index contributed by atoms with van der Waals surface area (Å²) in [6, 6.07) is 0. The van der Waals surface area contributed by atoms with Gasteiger partial charge in [0, 0.05) is 25.4 Å². The van der Waals surface area contributed by atoms with E-state index in [2.05, 4.69) is 25.7 Å². The number of aliphatic hydroxyl groups is 1. The highest BCUT2D eigenvalue weighted by Gasteiger charge is 2.38. The smallest absolute Gasteiger partial charge is 0.0835 e. The SMILES string of the molecule is CSCC(C)(O)CN1CC(C(C)(C)C)C1. The molecule has 1 rings (SSSR count). The van der Waals surface area contributed by atoms with Crippen LogP contribution in [0.5, 0.6) is 0 Å². The van der Waals surface area contributed by atoms with Gasteiger partial charge < -0.3 is 5.11 Å². The van der Waals surface area contributed by atoms with Gasteiger partial charge in [-0.15, -0.1) is 0 Å². The number of nitrogens with zero attached hydrogens (tertiary/aromatic N) is 1. The van der Waals surface area contributed by atoms with E-state index in [9.17, 15) is 5.11 Å². The first-order chi connectivity index (χ1) is 6.74. The van der Waals surface area contributed by atoms with Crippen molar-refractivity contribution < 1.29 is 5.11 Å². The topological polar surface area (TPSA) is 23.5 Å². The maximum atomic E-state index is 10.1. The zero-order chi connectivity index (χ0) is 11.7. The first-order valence-corrected chi connectivity index (χ1v) is 7.08. The molecule has 0 spiro atoms. The van der Waals surface area contributed by atoms with Crippen LogP contribution in [0.25, 0.3) is 0 Å². The summed E-state index contributed by atoms with van der Waals surface area (Å²) in [6.07, 6.45) is 2.04. The molecule has 0 aromatic heterocycles. The molecule has 0 saturated carbocycles. The predicted octanol–water partition coefficient (Wildman–Crippen LogP) is 2.08. The van der Waals surface area contributed by atoms with Crippen LogP contribution in [-0.4, -0.2) is 47.3 Å². The molecule has 1 atom stereocenters. The Morgan fingerprint density at radius 2 is 1.80 bits per heavy atom. The predicted molar refractivity (Wildman–Crippen MR) is 68.4 cm³/mol. The van der Waals surface area contributed by atoms with Gasteiger partial charge in [0.2, 0.25) is 0 Å². The molecule has 0 aromatic rings. The average Bonchev–Trinajstić information content (AvgIpc) is 1.93. The summed E-state index contributed by atoms with van der Waals surface area (Å²) in [5, 5.41) is 10.1. The highest BCUT2D eigenvalue weighted by Crippen LogP contribution is 2.34. The minimum Gasteiger partial charge on any atom is -0.388 e. The fraction of sp³-hybridized carbons (Fsp3) is 1.00. The highest BCUT2D eigenvalue weighted by atomic mass is 32.2. The second kappa shape index (κ2) is 4.64. The Labute approximate surface area is 98.4 Å². The van der Waals surface area contributed by atoms with Crippen molar-refractivity contribution in [3.05, 3.63) is 0 Å². The van der Waals surface area contributed by atoms with Crippen molar-refractivity contribution in [1.82, 2.24) is 4.90 Å². The molecule has 3 heteroatoms. The van der Waals surface area contributed by atoms with Crippen LogP contribution >= 0.6 is 11.8 Å². The van der Waals surface area contributed by atoms with Crippen molar-refractivity contribution in [2.75, 3.05) is 31.6 Å². The van der Waals surface area contributed by atoms with Crippen molar-refractivity contribution in [3.63, 3.8) is 0 Å². The Morgan fingerprint density at radius 3 is 2.20 bits per heavy atom. The van der Waals surface area contributed by atoms with E-state index in [1.165, 1.54) is 0 Å². The maximum Gasteiger partial charge on any atom is 0.0835 e. The fourth-order valence-electron chi connectivity index (χ4n) is 2.09. The summed E-state index contributed by atoms with van der Waals surface area (Å²) in [5.41, 5.74) is -0.107. The van der Waals surface area contributed by atoms with Crippen LogP contribution in [-0.2, 0) is 0 Å². The molecular formula is C12H25NOS. The van der Waals surface area contributed by atoms with Crippen LogP contribution < -0.4 is 0 Å². The second-order valence-corrected chi connectivity index (χ2v) is 7.05. The lowest BCUT2D eigenvalue weighted by molar-refractivity contribution is -0.0345. The monoisotopic (exact) mass is 231 g/mol. The van der Waals surface area contributed by atoms with E-state index in [-0.39, 0.29) is 0 Å². The van der Waals surface area contributed by atoms with E-state index < -0.39 is 5.60 Å². The molecule has 1 heterocycles. The molecular weight excluding hydrogens is 206 g/mol. The summed E-state index contributed by atoms with van der Waals surface area (Å²) in [4.78, 5) is 2.37. The van der Waals surface area contributed by atoms with Gasteiger partial charge in [-0.2, -0.15) is 11.8 Å². The molecule has 15 heavy (non-hydrogen) atoms. The van der Waals surface area contributed by atoms with Crippen molar-refractivity contribution >= 4 is 11.8 Å². The van der Waals surface area contributed by atoms with E-state index in [0.717, 1.165) is 31.3 Å². The van der Waals surface area contributed by atoms with Crippen molar-refractivity contribution in [2.24, 2.45) is 11.3 Å². The maximum absolute atomic E-state index is 10.1. The van der Waals surface area contributed by atoms with Gasteiger partial charge in [0.15, 0.2) is 0 Å². The van der Waals surface area contributed by atoms with Gasteiger partial charge >= 0.3 is 0 Å². The molecule has 1 aliphatic rings. The van der Waals surface area contributed by atoms with Gasteiger partial charge in [0.05, 0.1) is 5.60 Å². The number of rotatable bonds is 4. The molecule has 1 aliphatic heterocycles. The van der Waals surface area contributed by atoms with Gasteiger partial charge in [-0.05, 0) is 24.5 Å². The number of β-amino-alcohol motifs (C(OH)–C–C–N with tert-alkyl or cyclic N) is 1. The molecule has 0 amide bonds. The standard InChI is InChI=1S/C12H25NOS/c1-11(2,3)10-6-13(7-10)8-12(4,14)9-15-5/h10,14H,6-9H2,1-5H3. The summed E-state index contributed by atoms with van der Waals surface area (Å²) >= 11 is 1.71.